The summed E-state index contributed by atoms with van der Waals surface area (Å²) in [5.74, 6) is 1.23. The average molecular weight is 274 g/mol. The van der Waals surface area contributed by atoms with E-state index in [4.69, 9.17) is 4.74 Å². The number of nitrogens with zero attached hydrogens (tertiary/aromatic N) is 1. The van der Waals surface area contributed by atoms with Crippen LogP contribution in [0.25, 0.3) is 0 Å². The molecule has 0 saturated carbocycles. The molecule has 0 aromatic carbocycles. The van der Waals surface area contributed by atoms with Crippen LogP contribution < -0.4 is 5.32 Å². The van der Waals surface area contributed by atoms with E-state index in [-0.39, 0.29) is 0 Å². The Bertz CT molecular complexity index is 210. The van der Waals surface area contributed by atoms with Crippen molar-refractivity contribution < 1.29 is 4.74 Å². The zero-order valence-corrected chi connectivity index (χ0v) is 13.3. The highest BCUT2D eigenvalue weighted by Crippen LogP contribution is 2.15. The van der Waals surface area contributed by atoms with Crippen molar-refractivity contribution in [3.05, 3.63) is 0 Å². The molecule has 0 aromatic rings. The van der Waals surface area contributed by atoms with Crippen molar-refractivity contribution in [2.75, 3.05) is 38.8 Å². The molecule has 1 fully saturated rings. The van der Waals surface area contributed by atoms with Gasteiger partial charge in [0.2, 0.25) is 0 Å². The monoisotopic (exact) mass is 274 g/mol. The number of likely N-dealkylation sites (N-methyl/N-ethyl adjacent to an activating group) is 1. The molecule has 1 rings (SSSR count). The van der Waals surface area contributed by atoms with E-state index >= 15 is 0 Å². The largest absolute Gasteiger partial charge is 0.377 e. The van der Waals surface area contributed by atoms with Crippen LogP contribution in [0.3, 0.4) is 0 Å². The topological polar surface area (TPSA) is 24.5 Å². The first-order chi connectivity index (χ1) is 8.69. The highest BCUT2D eigenvalue weighted by Gasteiger charge is 2.21. The van der Waals surface area contributed by atoms with Gasteiger partial charge in [0.1, 0.15) is 0 Å². The summed E-state index contributed by atoms with van der Waals surface area (Å²) in [6.45, 7) is 7.65. The van der Waals surface area contributed by atoms with E-state index in [1.807, 2.05) is 11.8 Å². The molecule has 0 amide bonds. The molecule has 1 aliphatic rings. The molecule has 0 spiro atoms. The van der Waals surface area contributed by atoms with E-state index in [9.17, 15) is 0 Å². The average Bonchev–Trinajstić information content (AvgIpc) is 2.89. The molecule has 0 aromatic heterocycles. The van der Waals surface area contributed by atoms with Crippen molar-refractivity contribution in [3.8, 4) is 0 Å². The fourth-order valence-corrected chi connectivity index (χ4v) is 3.40. The van der Waals surface area contributed by atoms with Gasteiger partial charge >= 0.3 is 0 Å². The smallest absolute Gasteiger partial charge is 0.0726 e. The fraction of sp³-hybridized carbons (Fsp3) is 1.00. The van der Waals surface area contributed by atoms with Crippen molar-refractivity contribution in [1.29, 1.82) is 0 Å². The quantitative estimate of drug-likeness (QED) is 0.697. The second kappa shape index (κ2) is 9.18. The van der Waals surface area contributed by atoms with Crippen LogP contribution in [0.1, 0.15) is 33.1 Å². The highest BCUT2D eigenvalue weighted by atomic mass is 32.2. The van der Waals surface area contributed by atoms with Gasteiger partial charge in [-0.15, -0.1) is 0 Å². The third-order valence-corrected chi connectivity index (χ3v) is 4.63. The molecular weight excluding hydrogens is 244 g/mol. The third kappa shape index (κ3) is 5.47. The van der Waals surface area contributed by atoms with E-state index in [1.54, 1.807) is 0 Å². The molecule has 0 bridgehead atoms. The summed E-state index contributed by atoms with van der Waals surface area (Å²) in [5.41, 5.74) is 0. The molecule has 18 heavy (non-hydrogen) atoms. The Hall–Kier alpha value is 0.230. The van der Waals surface area contributed by atoms with Gasteiger partial charge in [0.05, 0.1) is 6.10 Å². The molecule has 1 aliphatic heterocycles. The molecule has 1 N–H and O–H groups in total. The van der Waals surface area contributed by atoms with Crippen LogP contribution in [0, 0.1) is 0 Å². The standard InChI is InChI=1S/C14H30N2OS/c1-5-13(11-18-4)16(3)9-8-15-12(2)14-7-6-10-17-14/h12-15H,5-11H2,1-4H3. The lowest BCUT2D eigenvalue weighted by Gasteiger charge is -2.28. The number of ether oxygens (including phenoxy) is 1. The predicted octanol–water partition coefficient (Wildman–Crippen LogP) is 2.22. The lowest BCUT2D eigenvalue weighted by molar-refractivity contribution is 0.0825. The van der Waals surface area contributed by atoms with Gasteiger partial charge < -0.3 is 15.0 Å². The molecular formula is C14H30N2OS. The Kier molecular flexibility index (Phi) is 8.31. The van der Waals surface area contributed by atoms with Crippen molar-refractivity contribution in [2.45, 2.75) is 51.3 Å². The maximum Gasteiger partial charge on any atom is 0.0726 e. The summed E-state index contributed by atoms with van der Waals surface area (Å²) < 4.78 is 5.70. The zero-order chi connectivity index (χ0) is 13.4. The SMILES string of the molecule is CCC(CSC)N(C)CCNC(C)C1CCCO1. The normalized spacial score (nSPS) is 23.5. The molecule has 0 aliphatic carbocycles. The Labute approximate surface area is 117 Å². The number of nitrogens with one attached hydrogen (secondary N) is 1. The predicted molar refractivity (Wildman–Crippen MR) is 81.5 cm³/mol. The van der Waals surface area contributed by atoms with Crippen molar-refractivity contribution in [2.24, 2.45) is 0 Å². The van der Waals surface area contributed by atoms with E-state index in [1.165, 1.54) is 25.0 Å². The Morgan fingerprint density at radius 3 is 2.83 bits per heavy atom. The Morgan fingerprint density at radius 2 is 2.28 bits per heavy atom. The number of rotatable bonds is 9. The summed E-state index contributed by atoms with van der Waals surface area (Å²) in [6.07, 6.45) is 6.30. The zero-order valence-electron chi connectivity index (χ0n) is 12.4. The second-order valence-corrected chi connectivity index (χ2v) is 6.20. The number of hydrogen-bond acceptors (Lipinski definition) is 4. The van der Waals surface area contributed by atoms with Crippen LogP contribution in [0.4, 0.5) is 0 Å². The molecule has 1 heterocycles. The van der Waals surface area contributed by atoms with Crippen molar-refractivity contribution in [1.82, 2.24) is 10.2 Å². The number of thioether (sulfide) groups is 1. The van der Waals surface area contributed by atoms with Crippen LogP contribution in [0.2, 0.25) is 0 Å². The Morgan fingerprint density at radius 1 is 1.50 bits per heavy atom. The molecule has 0 radical (unpaired) electrons. The minimum Gasteiger partial charge on any atom is -0.377 e. The first-order valence-corrected chi connectivity index (χ1v) is 8.62. The molecule has 3 atom stereocenters. The fourth-order valence-electron chi connectivity index (χ4n) is 2.53. The molecule has 108 valence electrons. The van der Waals surface area contributed by atoms with Gasteiger partial charge in [-0.3, -0.25) is 0 Å². The van der Waals surface area contributed by atoms with Gasteiger partial charge in [0.15, 0.2) is 0 Å². The lowest BCUT2D eigenvalue weighted by atomic mass is 10.1. The summed E-state index contributed by atoms with van der Waals surface area (Å²) in [7, 11) is 2.24. The summed E-state index contributed by atoms with van der Waals surface area (Å²) in [5, 5.41) is 3.60. The highest BCUT2D eigenvalue weighted by molar-refractivity contribution is 7.98. The van der Waals surface area contributed by atoms with E-state index in [0.717, 1.165) is 19.7 Å². The van der Waals surface area contributed by atoms with Gasteiger partial charge in [-0.25, -0.2) is 0 Å². The number of hydrogen-bond donors (Lipinski definition) is 1. The van der Waals surface area contributed by atoms with E-state index in [2.05, 4.69) is 37.4 Å². The first kappa shape index (κ1) is 16.3. The third-order valence-electron chi connectivity index (χ3n) is 3.91. The maximum absolute atomic E-state index is 5.70. The second-order valence-electron chi connectivity index (χ2n) is 5.29. The van der Waals surface area contributed by atoms with Crippen LogP contribution in [0.5, 0.6) is 0 Å². The van der Waals surface area contributed by atoms with Gasteiger partial charge in [-0.05, 0) is 39.5 Å². The maximum atomic E-state index is 5.70. The van der Waals surface area contributed by atoms with Crippen molar-refractivity contribution >= 4 is 11.8 Å². The minimum absolute atomic E-state index is 0.434. The van der Waals surface area contributed by atoms with Gasteiger partial charge in [0.25, 0.3) is 0 Å². The molecule has 3 nitrogen and oxygen atoms in total. The molecule has 3 unspecified atom stereocenters. The Balaban J connectivity index is 2.15. The van der Waals surface area contributed by atoms with Gasteiger partial charge in [0, 0.05) is 37.5 Å². The van der Waals surface area contributed by atoms with E-state index < -0.39 is 0 Å². The van der Waals surface area contributed by atoms with Crippen molar-refractivity contribution in [3.63, 3.8) is 0 Å². The van der Waals surface area contributed by atoms with Crippen LogP contribution >= 0.6 is 11.8 Å². The molecule has 4 heteroatoms. The summed E-state index contributed by atoms with van der Waals surface area (Å²) >= 11 is 1.94. The van der Waals surface area contributed by atoms with Crippen LogP contribution in [-0.4, -0.2) is 61.8 Å². The first-order valence-electron chi connectivity index (χ1n) is 7.23. The van der Waals surface area contributed by atoms with Crippen LogP contribution in [-0.2, 0) is 4.74 Å². The molecule has 1 saturated heterocycles. The van der Waals surface area contributed by atoms with Crippen LogP contribution in [0.15, 0.2) is 0 Å². The summed E-state index contributed by atoms with van der Waals surface area (Å²) in [6, 6.07) is 1.20. The van der Waals surface area contributed by atoms with E-state index in [0.29, 0.717) is 18.2 Å². The van der Waals surface area contributed by atoms with Gasteiger partial charge in [-0.1, -0.05) is 6.92 Å². The summed E-state index contributed by atoms with van der Waals surface area (Å²) in [4.78, 5) is 2.48. The van der Waals surface area contributed by atoms with Gasteiger partial charge in [-0.2, -0.15) is 11.8 Å². The lowest BCUT2D eigenvalue weighted by Crippen LogP contribution is -2.43. The minimum atomic E-state index is 0.434.